The van der Waals surface area contributed by atoms with E-state index in [9.17, 15) is 0 Å². The van der Waals surface area contributed by atoms with Crippen molar-refractivity contribution in [1.29, 1.82) is 0 Å². The third-order valence-electron chi connectivity index (χ3n) is 3.22. The van der Waals surface area contributed by atoms with Crippen molar-refractivity contribution in [1.82, 2.24) is 0 Å². The minimum Gasteiger partial charge on any atom is -0.128 e. The van der Waals surface area contributed by atoms with Crippen LogP contribution in [0.1, 0.15) is 41.5 Å². The van der Waals surface area contributed by atoms with E-state index >= 15 is 0 Å². The minimum atomic E-state index is -1.65. The predicted octanol–water partition coefficient (Wildman–Crippen LogP) is 7.18. The molecule has 0 aromatic rings. The van der Waals surface area contributed by atoms with Crippen LogP contribution < -0.4 is 0 Å². The molecule has 0 N–H and O–H groups in total. The molecular weight excluding hydrogens is 592 g/mol. The highest BCUT2D eigenvalue weighted by Crippen LogP contribution is 2.59. The molecular formula is C9H21Br5Si3. The van der Waals surface area contributed by atoms with Gasteiger partial charge in [0.1, 0.15) is 0 Å². The van der Waals surface area contributed by atoms with E-state index in [1.807, 2.05) is 0 Å². The lowest BCUT2D eigenvalue weighted by Crippen LogP contribution is -2.68. The zero-order valence-corrected chi connectivity index (χ0v) is 22.1. The summed E-state index contributed by atoms with van der Waals surface area (Å²) < 4.78 is 0. The summed E-state index contributed by atoms with van der Waals surface area (Å²) in [7, 11) is 0. The van der Waals surface area contributed by atoms with Crippen LogP contribution in [0.25, 0.3) is 0 Å². The van der Waals surface area contributed by atoms with Gasteiger partial charge in [0.15, 0.2) is 5.73 Å². The Morgan fingerprint density at radius 3 is 0.882 bits per heavy atom. The van der Waals surface area contributed by atoms with E-state index in [0.717, 1.165) is 0 Å². The lowest BCUT2D eigenvalue weighted by atomic mass is 10.6. The Morgan fingerprint density at radius 2 is 0.765 bits per heavy atom. The third-order valence-corrected chi connectivity index (χ3v) is 109. The molecule has 0 aliphatic rings. The van der Waals surface area contributed by atoms with Gasteiger partial charge >= 0.3 is 0 Å². The quantitative estimate of drug-likeness (QED) is 0.228. The maximum Gasteiger partial charge on any atom is 0.205 e. The van der Waals surface area contributed by atoms with Gasteiger partial charge in [-0.25, -0.2) is 0 Å². The normalized spacial score (nSPS) is 15.2. The maximum atomic E-state index is 4.27. The summed E-state index contributed by atoms with van der Waals surface area (Å²) in [5, 5.41) is 0. The van der Waals surface area contributed by atoms with Crippen molar-refractivity contribution in [3.05, 3.63) is 0 Å². The van der Waals surface area contributed by atoms with Gasteiger partial charge in [-0.15, -0.1) is 76.5 Å². The Kier molecular flexibility index (Phi) is 8.11. The summed E-state index contributed by atoms with van der Waals surface area (Å²) in [5.41, 5.74) is 0.359. The Balaban J connectivity index is 5.80. The number of hydrogen-bond acceptors (Lipinski definition) is 0. The average molecular weight is 613 g/mol. The molecule has 0 spiro atoms. The monoisotopic (exact) mass is 608 g/mol. The topological polar surface area (TPSA) is 0 Å². The summed E-state index contributed by atoms with van der Waals surface area (Å²) >= 11 is 20.7. The van der Waals surface area contributed by atoms with Crippen molar-refractivity contribution in [2.75, 3.05) is 0 Å². The van der Waals surface area contributed by atoms with Gasteiger partial charge < -0.3 is 0 Å². The molecule has 104 valence electrons. The van der Waals surface area contributed by atoms with Crippen molar-refractivity contribution in [3.8, 4) is 0 Å². The summed E-state index contributed by atoms with van der Waals surface area (Å²) in [4.78, 5) is -3.29. The summed E-state index contributed by atoms with van der Waals surface area (Å²) in [6.45, 7) is 14.0. The molecule has 8 heteroatoms. The van der Waals surface area contributed by atoms with Crippen LogP contribution in [-0.2, 0) is 0 Å². The van der Waals surface area contributed by atoms with Crippen LogP contribution in [-0.4, -0.2) is 15.4 Å². The molecule has 0 rings (SSSR count). The first kappa shape index (κ1) is 20.1. The lowest BCUT2D eigenvalue weighted by molar-refractivity contribution is 1.02. The number of hydrogen-bond donors (Lipinski definition) is 0. The van der Waals surface area contributed by atoms with E-state index in [2.05, 4.69) is 118 Å². The second-order valence-electron chi connectivity index (χ2n) is 5.42. The second-order valence-corrected chi connectivity index (χ2v) is 62.1. The van der Waals surface area contributed by atoms with E-state index in [4.69, 9.17) is 0 Å². The fourth-order valence-corrected chi connectivity index (χ4v) is 113. The van der Waals surface area contributed by atoms with Gasteiger partial charge in [-0.05, 0) is 16.6 Å². The van der Waals surface area contributed by atoms with Crippen LogP contribution in [0.3, 0.4) is 0 Å². The Morgan fingerprint density at radius 1 is 0.529 bits per heavy atom. The molecule has 0 fully saturated rings. The third kappa shape index (κ3) is 3.63. The highest BCUT2D eigenvalue weighted by atomic mass is 79.9. The van der Waals surface area contributed by atoms with Crippen molar-refractivity contribution in [2.24, 2.45) is 0 Å². The van der Waals surface area contributed by atoms with E-state index in [-0.39, 0.29) is 0 Å². The molecule has 0 radical (unpaired) electrons. The molecule has 0 nitrogen and oxygen atoms in total. The van der Waals surface area contributed by atoms with Crippen LogP contribution in [0, 0.1) is 0 Å². The lowest BCUT2D eigenvalue weighted by Gasteiger charge is -2.49. The van der Waals surface area contributed by atoms with E-state index in [1.165, 1.54) is 0 Å². The van der Waals surface area contributed by atoms with E-state index < -0.39 is 15.4 Å². The number of halogens is 5. The molecule has 0 bridgehead atoms. The van der Waals surface area contributed by atoms with Gasteiger partial charge in [-0.3, -0.25) is 0 Å². The van der Waals surface area contributed by atoms with Gasteiger partial charge in [0.05, 0.1) is 0 Å². The highest BCUT2D eigenvalue weighted by Gasteiger charge is 2.67. The van der Waals surface area contributed by atoms with Gasteiger partial charge in [-0.2, -0.15) is 0 Å². The molecule has 0 saturated carbocycles. The fourth-order valence-electron chi connectivity index (χ4n) is 1.83. The Bertz CT molecular complexity index is 245. The zero-order valence-electron chi connectivity index (χ0n) is 11.1. The van der Waals surface area contributed by atoms with E-state index in [1.54, 1.807) is 0 Å². The van der Waals surface area contributed by atoms with Crippen molar-refractivity contribution >= 4 is 91.9 Å². The Labute approximate surface area is 148 Å². The van der Waals surface area contributed by atoms with Crippen LogP contribution in [0.4, 0.5) is 0 Å². The van der Waals surface area contributed by atoms with Crippen LogP contribution in [0.5, 0.6) is 0 Å². The number of rotatable bonds is 5. The van der Waals surface area contributed by atoms with Gasteiger partial charge in [0.2, 0.25) is 9.66 Å². The molecule has 0 heterocycles. The predicted molar refractivity (Wildman–Crippen MR) is 107 cm³/mol. The first-order chi connectivity index (χ1) is 7.33. The molecule has 0 saturated heterocycles. The zero-order chi connectivity index (χ0) is 14.2. The smallest absolute Gasteiger partial charge is 0.128 e. The second kappa shape index (κ2) is 6.87. The maximum absolute atomic E-state index is 4.27. The largest absolute Gasteiger partial charge is 0.205 e. The summed E-state index contributed by atoms with van der Waals surface area (Å²) in [6, 6.07) is 0. The fraction of sp³-hybridized carbons (Fsp3) is 1.00. The molecule has 17 heavy (non-hydrogen) atoms. The average Bonchev–Trinajstić information content (AvgIpc) is 2.14. The first-order valence-electron chi connectivity index (χ1n) is 5.78. The molecule has 0 aliphatic carbocycles. The minimum absolute atomic E-state index is 0.664. The van der Waals surface area contributed by atoms with Crippen LogP contribution >= 0.6 is 76.5 Å². The van der Waals surface area contributed by atoms with Crippen LogP contribution in [0.2, 0.25) is 16.6 Å². The summed E-state index contributed by atoms with van der Waals surface area (Å²) in [5.74, 6) is 0. The van der Waals surface area contributed by atoms with Crippen molar-refractivity contribution < 1.29 is 0 Å². The molecule has 0 atom stereocenters. The van der Waals surface area contributed by atoms with Gasteiger partial charge in [0, 0.05) is 0 Å². The Hall–Kier alpha value is 3.05. The van der Waals surface area contributed by atoms with E-state index in [0.29, 0.717) is 16.6 Å². The summed E-state index contributed by atoms with van der Waals surface area (Å²) in [6.07, 6.45) is 0. The molecule has 0 aliphatic heterocycles. The van der Waals surface area contributed by atoms with Crippen molar-refractivity contribution in [2.45, 2.75) is 58.2 Å². The standard InChI is InChI=1S/C9H21Br5Si3/c1-7(2)15(10,11)17(14,9(5)6)16(12,13)8(3)4/h7-9H,1-6H3. The van der Waals surface area contributed by atoms with Gasteiger partial charge in [0.25, 0.3) is 0 Å². The molecule has 0 unspecified atom stereocenters. The highest BCUT2D eigenvalue weighted by molar-refractivity contribution is 9.63. The van der Waals surface area contributed by atoms with Crippen molar-refractivity contribution in [3.63, 3.8) is 0 Å². The molecule has 0 aromatic carbocycles. The molecule has 0 amide bonds. The molecule has 0 aromatic heterocycles. The van der Waals surface area contributed by atoms with Crippen LogP contribution in [0.15, 0.2) is 0 Å². The SMILES string of the molecule is CC(C)[Si](Br)(Br)[Si](Br)(C(C)C)[Si](Br)(Br)C(C)C. The first-order valence-corrected chi connectivity index (χ1v) is 25.3. The van der Waals surface area contributed by atoms with Gasteiger partial charge in [-0.1, -0.05) is 41.5 Å².